The van der Waals surface area contributed by atoms with Crippen molar-refractivity contribution >= 4 is 84.6 Å². The van der Waals surface area contributed by atoms with Crippen LogP contribution in [0, 0.1) is 0 Å². The second-order valence-electron chi connectivity index (χ2n) is 24.1. The van der Waals surface area contributed by atoms with E-state index in [0.717, 1.165) is 113 Å². The number of esters is 1. The molecule has 0 saturated heterocycles. The number of benzene rings is 7. The van der Waals surface area contributed by atoms with E-state index in [1.54, 1.807) is 14.2 Å². The Morgan fingerprint density at radius 2 is 1.27 bits per heavy atom. The van der Waals surface area contributed by atoms with Crippen molar-refractivity contribution in [3.63, 3.8) is 0 Å². The predicted octanol–water partition coefficient (Wildman–Crippen LogP) is 14.8. The van der Waals surface area contributed by atoms with Crippen LogP contribution < -0.4 is 58.6 Å². The molecular formula is C75H95N10O5+. The van der Waals surface area contributed by atoms with E-state index in [1.807, 2.05) is 118 Å². The van der Waals surface area contributed by atoms with Gasteiger partial charge in [0, 0.05) is 122 Å². The van der Waals surface area contributed by atoms with Crippen molar-refractivity contribution in [2.45, 2.75) is 124 Å². The summed E-state index contributed by atoms with van der Waals surface area (Å²) >= 11 is 0. The zero-order chi connectivity index (χ0) is 64.8. The largest absolute Gasteiger partial charge is 0.497 e. The topological polar surface area (TPSA) is 220 Å². The van der Waals surface area contributed by atoms with Gasteiger partial charge in [-0.3, -0.25) is 9.59 Å². The third kappa shape index (κ3) is 15.0. The first-order valence-electron chi connectivity index (χ1n) is 31.8. The highest BCUT2D eigenvalue weighted by Crippen LogP contribution is 2.49. The van der Waals surface area contributed by atoms with Crippen molar-refractivity contribution in [2.24, 2.45) is 0 Å². The molecule has 15 nitrogen and oxygen atoms in total. The van der Waals surface area contributed by atoms with Crippen LogP contribution in [0.2, 0.25) is 0 Å². The summed E-state index contributed by atoms with van der Waals surface area (Å²) in [7, 11) is 3.45. The lowest BCUT2D eigenvalue weighted by atomic mass is 9.80. The number of rotatable bonds is 18. The summed E-state index contributed by atoms with van der Waals surface area (Å²) in [4.78, 5) is 28.2. The van der Waals surface area contributed by atoms with E-state index < -0.39 is 11.6 Å². The molecule has 0 radical (unpaired) electrons. The number of nitrogens with one attached hydrogen (secondary N) is 4. The number of para-hydroxylation sites is 1. The molecule has 0 fully saturated rings. The van der Waals surface area contributed by atoms with Crippen LogP contribution >= 0.6 is 0 Å². The van der Waals surface area contributed by atoms with Gasteiger partial charge in [-0.25, -0.2) is 0 Å². The van der Waals surface area contributed by atoms with Crippen molar-refractivity contribution in [1.29, 1.82) is 0 Å². The van der Waals surface area contributed by atoms with E-state index in [0.29, 0.717) is 12.2 Å². The lowest BCUT2D eigenvalue weighted by Crippen LogP contribution is -2.49. The number of nitrogen functional groups attached to an aromatic ring is 4. The van der Waals surface area contributed by atoms with Crippen LogP contribution in [0.1, 0.15) is 118 Å². The van der Waals surface area contributed by atoms with Crippen LogP contribution in [-0.2, 0) is 25.2 Å². The average molecular weight is 1220 g/mol. The molecule has 1 atom stereocenters. The second kappa shape index (κ2) is 29.8. The minimum atomic E-state index is -0.726. The highest BCUT2D eigenvalue weighted by atomic mass is 16.5. The van der Waals surface area contributed by atoms with E-state index in [-0.39, 0.29) is 36.2 Å². The summed E-state index contributed by atoms with van der Waals surface area (Å²) < 4.78 is 19.4. The van der Waals surface area contributed by atoms with Gasteiger partial charge in [-0.05, 0) is 162 Å². The Kier molecular flexibility index (Phi) is 22.0. The number of nitrogens with two attached hydrogens (primary N) is 4. The van der Waals surface area contributed by atoms with Crippen LogP contribution in [0.15, 0.2) is 180 Å². The third-order valence-corrected chi connectivity index (χ3v) is 17.2. The van der Waals surface area contributed by atoms with Crippen molar-refractivity contribution in [2.75, 3.05) is 85.5 Å². The summed E-state index contributed by atoms with van der Waals surface area (Å²) in [6.45, 7) is 22.7. The van der Waals surface area contributed by atoms with Crippen molar-refractivity contribution in [3.8, 4) is 11.5 Å². The highest BCUT2D eigenvalue weighted by Gasteiger charge is 2.44. The Balaban J connectivity index is 0.000000418. The SMILES string of the molecule is CC.CCN1/C(=C/C=C2\CCCC(/C=C/C3=[N+](CC)c4ccc(OC)cc4C3(C)C)=C2NCCCCNC(=O)CCC(=O)OCC2(C)Nc3cccc4c(N)ccc(c34)N2)C(C)(C)c2cc(OC)ccc21.Nc1ccc(N)c2ccccc12.Nc1ccccc1. The molecule has 15 heteroatoms. The van der Waals surface area contributed by atoms with Gasteiger partial charge in [0.2, 0.25) is 11.6 Å². The van der Waals surface area contributed by atoms with E-state index in [1.165, 1.54) is 50.8 Å². The maximum atomic E-state index is 12.9. The first-order valence-corrected chi connectivity index (χ1v) is 31.8. The van der Waals surface area contributed by atoms with Gasteiger partial charge in [0.1, 0.15) is 30.3 Å². The molecule has 3 aliphatic heterocycles. The molecule has 1 amide bonds. The van der Waals surface area contributed by atoms with Gasteiger partial charge in [-0.15, -0.1) is 0 Å². The van der Waals surface area contributed by atoms with Crippen LogP contribution in [0.25, 0.3) is 21.5 Å². The summed E-state index contributed by atoms with van der Waals surface area (Å²) in [5, 5.41) is 17.9. The van der Waals surface area contributed by atoms with Crippen molar-refractivity contribution in [3.05, 3.63) is 191 Å². The molecule has 7 aromatic carbocycles. The molecule has 1 unspecified atom stereocenters. The summed E-state index contributed by atoms with van der Waals surface area (Å²) in [5.74, 6) is 1.16. The molecular weight excluding hydrogens is 1120 g/mol. The number of amides is 1. The number of carbonyl (C=O) groups excluding carboxylic acids is 2. The Bertz CT molecular complexity index is 3810. The lowest BCUT2D eigenvalue weighted by Gasteiger charge is -2.38. The fraction of sp³-hybridized carbons (Fsp3) is 0.347. The number of carbonyl (C=O) groups is 2. The number of allylic oxidation sites excluding steroid dienone is 7. The fourth-order valence-electron chi connectivity index (χ4n) is 12.5. The summed E-state index contributed by atoms with van der Waals surface area (Å²) in [5.41, 5.74) is 38.2. The van der Waals surface area contributed by atoms with Gasteiger partial charge in [-0.2, -0.15) is 4.58 Å². The zero-order valence-electron chi connectivity index (χ0n) is 54.7. The number of ether oxygens (including phenoxy) is 3. The minimum Gasteiger partial charge on any atom is -0.497 e. The number of methoxy groups -OCH3 is 2. The van der Waals surface area contributed by atoms with Gasteiger partial charge in [0.15, 0.2) is 5.71 Å². The Hall–Kier alpha value is -9.37. The lowest BCUT2D eigenvalue weighted by molar-refractivity contribution is -0.433. The number of anilines is 7. The first-order chi connectivity index (χ1) is 43.3. The maximum absolute atomic E-state index is 12.9. The van der Waals surface area contributed by atoms with Gasteiger partial charge in [-0.1, -0.05) is 94.4 Å². The molecule has 7 aromatic rings. The van der Waals surface area contributed by atoms with Crippen LogP contribution in [0.3, 0.4) is 0 Å². The molecule has 3 heterocycles. The first kappa shape index (κ1) is 66.6. The van der Waals surface area contributed by atoms with E-state index in [9.17, 15) is 9.59 Å². The number of unbranched alkanes of at least 4 members (excludes halogenated alkanes) is 1. The molecule has 0 bridgehead atoms. The molecule has 0 spiro atoms. The second-order valence-corrected chi connectivity index (χ2v) is 24.1. The van der Waals surface area contributed by atoms with Gasteiger partial charge in [0.05, 0.1) is 26.1 Å². The molecule has 0 aromatic heterocycles. The van der Waals surface area contributed by atoms with E-state index >= 15 is 0 Å². The Labute approximate surface area is 533 Å². The van der Waals surface area contributed by atoms with Gasteiger partial charge in [0.25, 0.3) is 0 Å². The Morgan fingerprint density at radius 3 is 1.91 bits per heavy atom. The van der Waals surface area contributed by atoms with Crippen LogP contribution in [0.4, 0.5) is 45.5 Å². The molecule has 12 N–H and O–H groups in total. The third-order valence-electron chi connectivity index (χ3n) is 17.2. The summed E-state index contributed by atoms with van der Waals surface area (Å²) in [6.07, 6.45) is 14.1. The average Bonchev–Trinajstić information content (AvgIpc) is 1.48. The van der Waals surface area contributed by atoms with Crippen molar-refractivity contribution in [1.82, 2.24) is 10.6 Å². The van der Waals surface area contributed by atoms with E-state index in [4.69, 9.17) is 37.1 Å². The van der Waals surface area contributed by atoms with Gasteiger partial charge < -0.3 is 63.3 Å². The smallest absolute Gasteiger partial charge is 0.306 e. The fourth-order valence-corrected chi connectivity index (χ4v) is 12.5. The number of hydrogen-bond donors (Lipinski definition) is 8. The number of likely N-dealkylation sites (N-methyl/N-ethyl adjacent to an activating group) is 1. The van der Waals surface area contributed by atoms with Crippen LogP contribution in [-0.4, -0.2) is 74.8 Å². The molecule has 0 saturated carbocycles. The Morgan fingerprint density at radius 1 is 0.656 bits per heavy atom. The normalized spacial score (nSPS) is 17.4. The number of nitrogens with zero attached hydrogens (tertiary/aromatic N) is 2. The zero-order valence-corrected chi connectivity index (χ0v) is 54.7. The number of fused-ring (bicyclic) bond motifs is 3. The highest BCUT2D eigenvalue weighted by molar-refractivity contribution is 6.10. The maximum Gasteiger partial charge on any atom is 0.306 e. The molecule has 4 aliphatic rings. The van der Waals surface area contributed by atoms with Crippen LogP contribution in [0.5, 0.6) is 11.5 Å². The monoisotopic (exact) mass is 1220 g/mol. The summed E-state index contributed by atoms with van der Waals surface area (Å²) in [6, 6.07) is 43.6. The quantitative estimate of drug-likeness (QED) is 0.0174. The van der Waals surface area contributed by atoms with Gasteiger partial charge >= 0.3 is 5.97 Å². The molecule has 474 valence electrons. The number of hydrogen-bond acceptors (Lipinski definition) is 13. The standard InChI is InChI=1S/C57H71N7O5.C10H10N2.C6H7N.C2H6/c1-10-63-47-26-22-39(67-8)34-42(47)55(3,4)49(63)28-20-37-16-14-17-38(21-29-50-56(5,6)43-35-40(68-9)23-27-48(43)64(50)11-2)54(37)60-33-13-12-32-59-51(65)30-31-52(66)69-36-57(7)61-45-19-15-18-41-44(58)24-25-46(62-57)53(41)45;11-9-5-6-10(12)8-4-2-1-3-7(8)9;7-6-4-2-1-3-5-6;1-2/h15,18-29,34-35,61-62H,10-14,16-17,30-33,36,58H2,1-9H3,(H,59,65);1-6H,11-12H2;1-5H,7H2;1-2H3/p+1/b37-20+,49-28+;;;. The van der Waals surface area contributed by atoms with Crippen molar-refractivity contribution < 1.29 is 28.4 Å². The molecule has 90 heavy (non-hydrogen) atoms. The minimum absolute atomic E-state index is 0.00198. The molecule has 1 aliphatic carbocycles. The molecule has 11 rings (SSSR count). The van der Waals surface area contributed by atoms with E-state index in [2.05, 4.69) is 133 Å². The predicted molar refractivity (Wildman–Crippen MR) is 376 cm³/mol.